The number of carbonyl (C=O) groups excluding carboxylic acids is 1. The summed E-state index contributed by atoms with van der Waals surface area (Å²) < 4.78 is 13.8. The zero-order chi connectivity index (χ0) is 24.1. The number of thiophene rings is 1. The largest absolute Gasteiger partial charge is 0.493 e. The predicted molar refractivity (Wildman–Crippen MR) is 133 cm³/mol. The number of benzene rings is 1. The number of fused-ring (bicyclic) bond motifs is 3. The first-order chi connectivity index (χ1) is 15.5. The summed E-state index contributed by atoms with van der Waals surface area (Å²) in [4.78, 5) is 21.3. The summed E-state index contributed by atoms with van der Waals surface area (Å²) in [7, 11) is 3.51. The molecule has 0 N–H and O–H groups in total. The first-order valence-corrected chi connectivity index (χ1v) is 12.2. The molecule has 0 aliphatic carbocycles. The predicted octanol–water partition coefficient (Wildman–Crippen LogP) is 5.67. The maximum Gasteiger partial charge on any atom is 0.274 e. The highest BCUT2D eigenvalue weighted by molar-refractivity contribution is 7.13. The second kappa shape index (κ2) is 8.52. The van der Waals surface area contributed by atoms with Crippen molar-refractivity contribution in [3.05, 3.63) is 46.1 Å². The number of carbonyl (C=O) groups is 1. The van der Waals surface area contributed by atoms with Crippen LogP contribution in [0.25, 0.3) is 16.4 Å². The van der Waals surface area contributed by atoms with Crippen molar-refractivity contribution in [2.45, 2.75) is 66.0 Å². The molecular weight excluding hydrogens is 434 g/mol. The van der Waals surface area contributed by atoms with Crippen LogP contribution in [0.2, 0.25) is 0 Å². The van der Waals surface area contributed by atoms with E-state index in [0.29, 0.717) is 11.4 Å². The normalized spacial score (nSPS) is 13.0. The Kier molecular flexibility index (Phi) is 6.03. The van der Waals surface area contributed by atoms with Gasteiger partial charge in [-0.1, -0.05) is 0 Å². The van der Waals surface area contributed by atoms with Crippen molar-refractivity contribution in [3.63, 3.8) is 0 Å². The van der Waals surface area contributed by atoms with Gasteiger partial charge in [-0.15, -0.1) is 11.3 Å². The Labute approximate surface area is 200 Å². The standard InChI is InChI=1S/C26H33N3O3S/c1-15(2)32-21-13-19-17(12-20(21)31-8)9-10-18-23(25(30)28(7)26(4,5)6)27-24(29(18)19)22-11-16(3)14-33-22/h11-15H,9-10H2,1-8H3. The molecule has 1 aromatic carbocycles. The monoisotopic (exact) mass is 467 g/mol. The van der Waals surface area contributed by atoms with Gasteiger partial charge in [0.15, 0.2) is 23.0 Å². The number of rotatable bonds is 5. The lowest BCUT2D eigenvalue weighted by atomic mass is 9.98. The molecule has 0 saturated heterocycles. The van der Waals surface area contributed by atoms with Crippen molar-refractivity contribution in [3.8, 4) is 27.9 Å². The van der Waals surface area contributed by atoms with E-state index in [0.717, 1.165) is 46.2 Å². The van der Waals surface area contributed by atoms with Crippen LogP contribution in [0.3, 0.4) is 0 Å². The van der Waals surface area contributed by atoms with Crippen LogP contribution >= 0.6 is 11.3 Å². The van der Waals surface area contributed by atoms with Gasteiger partial charge in [-0.3, -0.25) is 9.36 Å². The number of aryl methyl sites for hydroxylation is 2. The number of ether oxygens (including phenoxy) is 2. The molecule has 0 radical (unpaired) electrons. The van der Waals surface area contributed by atoms with E-state index < -0.39 is 0 Å². The Balaban J connectivity index is 1.95. The van der Waals surface area contributed by atoms with Gasteiger partial charge in [0.1, 0.15) is 0 Å². The van der Waals surface area contributed by atoms with Crippen molar-refractivity contribution >= 4 is 17.2 Å². The summed E-state index contributed by atoms with van der Waals surface area (Å²) in [6, 6.07) is 6.22. The summed E-state index contributed by atoms with van der Waals surface area (Å²) in [6.07, 6.45) is 1.55. The van der Waals surface area contributed by atoms with Crippen LogP contribution in [0.15, 0.2) is 23.6 Å². The quantitative estimate of drug-likeness (QED) is 0.485. The number of imidazole rings is 1. The number of hydrogen-bond donors (Lipinski definition) is 0. The van der Waals surface area contributed by atoms with Gasteiger partial charge in [-0.05, 0) is 83.0 Å². The third-order valence-electron chi connectivity index (χ3n) is 6.04. The van der Waals surface area contributed by atoms with Crippen molar-refractivity contribution in [2.24, 2.45) is 0 Å². The van der Waals surface area contributed by atoms with Gasteiger partial charge >= 0.3 is 0 Å². The van der Waals surface area contributed by atoms with Crippen molar-refractivity contribution in [1.29, 1.82) is 0 Å². The smallest absolute Gasteiger partial charge is 0.274 e. The maximum atomic E-state index is 13.5. The molecule has 0 spiro atoms. The minimum Gasteiger partial charge on any atom is -0.493 e. The van der Waals surface area contributed by atoms with Crippen LogP contribution < -0.4 is 9.47 Å². The minimum atomic E-state index is -0.300. The fourth-order valence-electron chi connectivity index (χ4n) is 4.05. The summed E-state index contributed by atoms with van der Waals surface area (Å²) in [6.45, 7) is 12.2. The Morgan fingerprint density at radius 3 is 2.48 bits per heavy atom. The van der Waals surface area contributed by atoms with E-state index in [1.807, 2.05) is 47.7 Å². The van der Waals surface area contributed by atoms with Crippen molar-refractivity contribution in [1.82, 2.24) is 14.5 Å². The van der Waals surface area contributed by atoms with E-state index in [1.54, 1.807) is 23.3 Å². The molecule has 1 aliphatic rings. The highest BCUT2D eigenvalue weighted by Crippen LogP contribution is 2.41. The minimum absolute atomic E-state index is 0.0137. The molecular formula is C26H33N3O3S. The van der Waals surface area contributed by atoms with Crippen LogP contribution in [-0.4, -0.2) is 46.2 Å². The number of nitrogens with zero attached hydrogens (tertiary/aromatic N) is 3. The molecule has 3 heterocycles. The molecule has 2 aromatic heterocycles. The van der Waals surface area contributed by atoms with Gasteiger partial charge in [0.25, 0.3) is 5.91 Å². The second-order valence-electron chi connectivity index (χ2n) is 9.89. The van der Waals surface area contributed by atoms with Gasteiger partial charge in [-0.2, -0.15) is 0 Å². The van der Waals surface area contributed by atoms with Crippen LogP contribution in [0.5, 0.6) is 11.5 Å². The molecule has 6 nitrogen and oxygen atoms in total. The van der Waals surface area contributed by atoms with E-state index in [1.165, 1.54) is 5.56 Å². The lowest BCUT2D eigenvalue weighted by molar-refractivity contribution is 0.0649. The average Bonchev–Trinajstić information content (AvgIpc) is 3.34. The number of hydrogen-bond acceptors (Lipinski definition) is 5. The number of aromatic nitrogens is 2. The van der Waals surface area contributed by atoms with Crippen LogP contribution in [0.1, 0.15) is 61.9 Å². The Hall–Kier alpha value is -2.80. The van der Waals surface area contributed by atoms with E-state index >= 15 is 0 Å². The van der Waals surface area contributed by atoms with Gasteiger partial charge in [0, 0.05) is 18.7 Å². The number of amides is 1. The summed E-state index contributed by atoms with van der Waals surface area (Å²) in [5, 5.41) is 2.12. The van der Waals surface area contributed by atoms with Crippen LogP contribution in [-0.2, 0) is 12.8 Å². The van der Waals surface area contributed by atoms with E-state index in [2.05, 4.69) is 29.0 Å². The van der Waals surface area contributed by atoms with Crippen molar-refractivity contribution in [2.75, 3.05) is 14.2 Å². The fraction of sp³-hybridized carbons (Fsp3) is 0.462. The number of methoxy groups -OCH3 is 1. The Morgan fingerprint density at radius 2 is 1.91 bits per heavy atom. The summed E-state index contributed by atoms with van der Waals surface area (Å²) >= 11 is 1.65. The van der Waals surface area contributed by atoms with Gasteiger partial charge < -0.3 is 14.4 Å². The maximum absolute atomic E-state index is 13.5. The third-order valence-corrected chi connectivity index (χ3v) is 7.08. The highest BCUT2D eigenvalue weighted by Gasteiger charge is 2.33. The SMILES string of the molecule is COc1cc2c(cc1OC(C)C)-n1c(-c3cc(C)cs3)nc(C(=O)N(C)C(C)(C)C)c1CC2. The summed E-state index contributed by atoms with van der Waals surface area (Å²) in [5.74, 6) is 2.17. The Morgan fingerprint density at radius 1 is 1.18 bits per heavy atom. The molecule has 0 atom stereocenters. The van der Waals surface area contributed by atoms with Crippen molar-refractivity contribution < 1.29 is 14.3 Å². The van der Waals surface area contributed by atoms with Gasteiger partial charge in [0.05, 0.1) is 29.5 Å². The first kappa shape index (κ1) is 23.4. The molecule has 3 aromatic rings. The van der Waals surface area contributed by atoms with E-state index in [-0.39, 0.29) is 17.6 Å². The molecule has 0 unspecified atom stereocenters. The molecule has 176 valence electrons. The molecule has 1 aliphatic heterocycles. The van der Waals surface area contributed by atoms with E-state index in [4.69, 9.17) is 14.5 Å². The molecule has 33 heavy (non-hydrogen) atoms. The van der Waals surface area contributed by atoms with Crippen LogP contribution in [0.4, 0.5) is 0 Å². The second-order valence-corrected chi connectivity index (χ2v) is 10.8. The lowest BCUT2D eigenvalue weighted by Gasteiger charge is -2.32. The van der Waals surface area contributed by atoms with Gasteiger partial charge in [-0.25, -0.2) is 4.98 Å². The first-order valence-electron chi connectivity index (χ1n) is 11.3. The van der Waals surface area contributed by atoms with Gasteiger partial charge in [0.2, 0.25) is 0 Å². The molecule has 0 fully saturated rings. The zero-order valence-corrected chi connectivity index (χ0v) is 21.6. The van der Waals surface area contributed by atoms with Crippen LogP contribution in [0, 0.1) is 6.92 Å². The average molecular weight is 468 g/mol. The topological polar surface area (TPSA) is 56.6 Å². The molecule has 0 saturated carbocycles. The third kappa shape index (κ3) is 4.26. The molecule has 1 amide bonds. The van der Waals surface area contributed by atoms with E-state index in [9.17, 15) is 4.79 Å². The molecule has 7 heteroatoms. The Bertz CT molecular complexity index is 1200. The highest BCUT2D eigenvalue weighted by atomic mass is 32.1. The lowest BCUT2D eigenvalue weighted by Crippen LogP contribution is -2.43. The molecule has 4 rings (SSSR count). The molecule has 0 bridgehead atoms. The fourth-order valence-corrected chi connectivity index (χ4v) is 4.93. The summed E-state index contributed by atoms with van der Waals surface area (Å²) in [5.41, 5.74) is 4.52. The zero-order valence-electron chi connectivity index (χ0n) is 20.8.